The third-order valence-corrected chi connectivity index (χ3v) is 3.24. The van der Waals surface area contributed by atoms with Crippen molar-refractivity contribution in [2.45, 2.75) is 19.3 Å². The molecule has 1 saturated heterocycles. The summed E-state index contributed by atoms with van der Waals surface area (Å²) in [5.41, 5.74) is 0. The maximum absolute atomic E-state index is 10.6. The highest BCUT2D eigenvalue weighted by molar-refractivity contribution is 8.13. The Hall–Kier alpha value is -0.0600. The molecule has 14 heavy (non-hydrogen) atoms. The first-order chi connectivity index (χ1) is 6.58. The number of allylic oxidation sites excluding steroid dienone is 1. The second-order valence-corrected chi connectivity index (χ2v) is 6.29. The predicted molar refractivity (Wildman–Crippen MR) is 56.9 cm³/mol. The summed E-state index contributed by atoms with van der Waals surface area (Å²) >= 11 is 0. The number of hydrogen-bond donors (Lipinski definition) is 0. The molecule has 0 saturated carbocycles. The predicted octanol–water partition coefficient (Wildman–Crippen LogP) is 1.93. The number of ether oxygens (including phenoxy) is 1. The zero-order valence-corrected chi connectivity index (χ0v) is 9.56. The Kier molecular flexibility index (Phi) is 4.92. The van der Waals surface area contributed by atoms with E-state index in [0.29, 0.717) is 5.92 Å². The van der Waals surface area contributed by atoms with Crippen LogP contribution in [0, 0.1) is 5.92 Å². The minimum absolute atomic E-state index is 0.0717. The molecule has 82 valence electrons. The molecule has 0 atom stereocenters. The van der Waals surface area contributed by atoms with Gasteiger partial charge in [0.25, 0.3) is 0 Å². The fourth-order valence-corrected chi connectivity index (χ4v) is 2.04. The second kappa shape index (κ2) is 5.73. The highest BCUT2D eigenvalue weighted by atomic mass is 35.7. The van der Waals surface area contributed by atoms with Crippen molar-refractivity contribution in [1.29, 1.82) is 0 Å². The number of hydrogen-bond acceptors (Lipinski definition) is 3. The summed E-state index contributed by atoms with van der Waals surface area (Å²) in [6.45, 7) is 1.65. The Balaban J connectivity index is 2.19. The smallest absolute Gasteiger partial charge is 0.236 e. The fourth-order valence-electron chi connectivity index (χ4n) is 1.45. The van der Waals surface area contributed by atoms with Crippen molar-refractivity contribution in [1.82, 2.24) is 0 Å². The van der Waals surface area contributed by atoms with Gasteiger partial charge in [0.05, 0.1) is 5.75 Å². The Morgan fingerprint density at radius 3 is 2.50 bits per heavy atom. The molecular weight excluding hydrogens is 224 g/mol. The minimum atomic E-state index is -3.37. The summed E-state index contributed by atoms with van der Waals surface area (Å²) in [6, 6.07) is 0. The lowest BCUT2D eigenvalue weighted by Crippen LogP contribution is -2.14. The molecule has 1 rings (SSSR count). The van der Waals surface area contributed by atoms with Crippen LogP contribution in [0.25, 0.3) is 0 Å². The average molecular weight is 239 g/mol. The number of halogens is 1. The van der Waals surface area contributed by atoms with Gasteiger partial charge in [0.1, 0.15) is 0 Å². The lowest BCUT2D eigenvalue weighted by atomic mass is 9.96. The summed E-state index contributed by atoms with van der Waals surface area (Å²) < 4.78 is 26.4. The lowest BCUT2D eigenvalue weighted by Gasteiger charge is -2.20. The van der Waals surface area contributed by atoms with Crippen molar-refractivity contribution in [3.8, 4) is 0 Å². The zero-order chi connectivity index (χ0) is 10.4. The zero-order valence-electron chi connectivity index (χ0n) is 7.99. The van der Waals surface area contributed by atoms with E-state index in [2.05, 4.69) is 0 Å². The van der Waals surface area contributed by atoms with E-state index in [9.17, 15) is 8.42 Å². The quantitative estimate of drug-likeness (QED) is 0.555. The molecule has 0 amide bonds. The molecular formula is C9H15ClO3S. The monoisotopic (exact) mass is 238 g/mol. The first kappa shape index (κ1) is 12.0. The van der Waals surface area contributed by atoms with Crippen LogP contribution in [0.1, 0.15) is 19.3 Å². The van der Waals surface area contributed by atoms with Gasteiger partial charge in [-0.05, 0) is 25.2 Å². The van der Waals surface area contributed by atoms with Gasteiger partial charge in [0.2, 0.25) is 9.05 Å². The molecule has 0 aromatic heterocycles. The summed E-state index contributed by atoms with van der Waals surface area (Å²) in [7, 11) is 1.69. The van der Waals surface area contributed by atoms with Crippen LogP contribution in [0.3, 0.4) is 0 Å². The van der Waals surface area contributed by atoms with Gasteiger partial charge in [-0.1, -0.05) is 12.2 Å². The molecule has 1 fully saturated rings. The van der Waals surface area contributed by atoms with Crippen molar-refractivity contribution in [3.05, 3.63) is 12.2 Å². The first-order valence-electron chi connectivity index (χ1n) is 4.73. The van der Waals surface area contributed by atoms with Crippen molar-refractivity contribution < 1.29 is 13.2 Å². The van der Waals surface area contributed by atoms with Crippen LogP contribution in [0.4, 0.5) is 0 Å². The summed E-state index contributed by atoms with van der Waals surface area (Å²) in [5, 5.41) is 0. The largest absolute Gasteiger partial charge is 0.381 e. The number of rotatable bonds is 4. The topological polar surface area (TPSA) is 43.4 Å². The highest BCUT2D eigenvalue weighted by Crippen LogP contribution is 2.18. The summed E-state index contributed by atoms with van der Waals surface area (Å²) in [6.07, 6.45) is 6.58. The van der Waals surface area contributed by atoms with Gasteiger partial charge >= 0.3 is 0 Å². The molecule has 0 aliphatic carbocycles. The van der Waals surface area contributed by atoms with E-state index in [1.165, 1.54) is 0 Å². The van der Waals surface area contributed by atoms with Crippen LogP contribution < -0.4 is 0 Å². The van der Waals surface area contributed by atoms with Crippen molar-refractivity contribution >= 4 is 19.7 Å². The highest BCUT2D eigenvalue weighted by Gasteiger charge is 2.11. The fraction of sp³-hybridized carbons (Fsp3) is 0.778. The second-order valence-electron chi connectivity index (χ2n) is 3.47. The van der Waals surface area contributed by atoms with E-state index >= 15 is 0 Å². The Labute approximate surface area is 89.5 Å². The molecule has 3 nitrogen and oxygen atoms in total. The van der Waals surface area contributed by atoms with Crippen LogP contribution in [-0.2, 0) is 13.8 Å². The van der Waals surface area contributed by atoms with E-state index < -0.39 is 9.05 Å². The molecule has 0 unspecified atom stereocenters. The SMILES string of the molecule is O=S(=O)(Cl)C/C=C\CC1CCOCC1. The molecule has 0 N–H and O–H groups in total. The van der Waals surface area contributed by atoms with E-state index in [1.807, 2.05) is 6.08 Å². The summed E-state index contributed by atoms with van der Waals surface area (Å²) in [5.74, 6) is 0.565. The molecule has 0 aromatic rings. The third-order valence-electron chi connectivity index (χ3n) is 2.27. The van der Waals surface area contributed by atoms with E-state index in [0.717, 1.165) is 32.5 Å². The van der Waals surface area contributed by atoms with E-state index in [1.54, 1.807) is 6.08 Å². The first-order valence-corrected chi connectivity index (χ1v) is 7.21. The van der Waals surface area contributed by atoms with Gasteiger partial charge in [0, 0.05) is 23.9 Å². The van der Waals surface area contributed by atoms with Gasteiger partial charge in [-0.2, -0.15) is 0 Å². The van der Waals surface area contributed by atoms with Crippen LogP contribution in [0.15, 0.2) is 12.2 Å². The van der Waals surface area contributed by atoms with Crippen LogP contribution >= 0.6 is 10.7 Å². The van der Waals surface area contributed by atoms with Crippen molar-refractivity contribution in [2.24, 2.45) is 5.92 Å². The van der Waals surface area contributed by atoms with Crippen LogP contribution in [0.2, 0.25) is 0 Å². The molecule has 1 aliphatic heterocycles. The molecule has 1 aliphatic rings. The van der Waals surface area contributed by atoms with E-state index in [4.69, 9.17) is 15.4 Å². The normalized spacial score (nSPS) is 20.4. The lowest BCUT2D eigenvalue weighted by molar-refractivity contribution is 0.0672. The standard InChI is InChI=1S/C9H15ClO3S/c10-14(11,12)8-2-1-3-9-4-6-13-7-5-9/h1-2,9H,3-8H2/b2-1-. The van der Waals surface area contributed by atoms with E-state index in [-0.39, 0.29) is 5.75 Å². The molecule has 5 heteroatoms. The van der Waals surface area contributed by atoms with Crippen molar-refractivity contribution in [2.75, 3.05) is 19.0 Å². The van der Waals surface area contributed by atoms with Crippen molar-refractivity contribution in [3.63, 3.8) is 0 Å². The van der Waals surface area contributed by atoms with Crippen LogP contribution in [-0.4, -0.2) is 27.4 Å². The molecule has 0 bridgehead atoms. The molecule has 0 aromatic carbocycles. The summed E-state index contributed by atoms with van der Waals surface area (Å²) in [4.78, 5) is 0. The average Bonchev–Trinajstić information content (AvgIpc) is 2.13. The molecule has 1 heterocycles. The maximum atomic E-state index is 10.6. The Morgan fingerprint density at radius 1 is 1.29 bits per heavy atom. The van der Waals surface area contributed by atoms with Gasteiger partial charge < -0.3 is 4.74 Å². The third kappa shape index (κ3) is 5.62. The maximum Gasteiger partial charge on any atom is 0.236 e. The van der Waals surface area contributed by atoms with Crippen LogP contribution in [0.5, 0.6) is 0 Å². The Bertz CT molecular complexity index is 278. The minimum Gasteiger partial charge on any atom is -0.381 e. The van der Waals surface area contributed by atoms with Gasteiger partial charge in [-0.25, -0.2) is 8.42 Å². The Morgan fingerprint density at radius 2 is 1.93 bits per heavy atom. The van der Waals surface area contributed by atoms with Gasteiger partial charge in [-0.15, -0.1) is 0 Å². The molecule has 0 radical (unpaired) electrons. The van der Waals surface area contributed by atoms with Gasteiger partial charge in [0.15, 0.2) is 0 Å². The molecule has 0 spiro atoms. The van der Waals surface area contributed by atoms with Gasteiger partial charge in [-0.3, -0.25) is 0 Å².